The normalized spacial score (nSPS) is 10.8. The summed E-state index contributed by atoms with van der Waals surface area (Å²) in [6, 6.07) is 19.7. The Labute approximate surface area is 174 Å². The number of hydrogen-bond donors (Lipinski definition) is 1. The zero-order valence-electron chi connectivity index (χ0n) is 17.0. The summed E-state index contributed by atoms with van der Waals surface area (Å²) in [7, 11) is 0. The quantitative estimate of drug-likeness (QED) is 0.509. The topological polar surface area (TPSA) is 59.8 Å². The number of nitrogens with zero attached hydrogens (tertiary/aromatic N) is 3. The van der Waals surface area contributed by atoms with Gasteiger partial charge in [0.2, 0.25) is 5.82 Å². The van der Waals surface area contributed by atoms with Gasteiger partial charge in [0.25, 0.3) is 5.91 Å². The van der Waals surface area contributed by atoms with Crippen LogP contribution in [0.4, 0.5) is 10.1 Å². The zero-order chi connectivity index (χ0) is 21.3. The van der Waals surface area contributed by atoms with Gasteiger partial charge in [-0.05, 0) is 62.2 Å². The molecule has 4 rings (SSSR count). The molecule has 6 heteroatoms. The van der Waals surface area contributed by atoms with Gasteiger partial charge in [-0.1, -0.05) is 42.0 Å². The first-order valence-electron chi connectivity index (χ1n) is 9.59. The van der Waals surface area contributed by atoms with E-state index in [0.29, 0.717) is 11.5 Å². The number of nitrogens with one attached hydrogen (secondary N) is 1. The third-order valence-corrected chi connectivity index (χ3v) is 4.76. The Bertz CT molecular complexity index is 1250. The predicted molar refractivity (Wildman–Crippen MR) is 115 cm³/mol. The van der Waals surface area contributed by atoms with Crippen molar-refractivity contribution in [1.29, 1.82) is 0 Å². The van der Waals surface area contributed by atoms with E-state index in [9.17, 15) is 9.18 Å². The SMILES string of the molecule is Cc1cccc(-c2nc(C(=O)Nc3cccc(F)c3)nn2-c2cc(C)ccc2C)c1. The maximum absolute atomic E-state index is 13.5. The maximum Gasteiger partial charge on any atom is 0.295 e. The molecule has 1 heterocycles. The number of amides is 1. The molecule has 0 atom stereocenters. The van der Waals surface area contributed by atoms with Crippen molar-refractivity contribution in [3.05, 3.63) is 95.1 Å². The van der Waals surface area contributed by atoms with E-state index in [-0.39, 0.29) is 5.82 Å². The number of aromatic nitrogens is 3. The molecule has 0 aliphatic carbocycles. The lowest BCUT2D eigenvalue weighted by Gasteiger charge is -2.10. The molecule has 0 spiro atoms. The molecule has 1 amide bonds. The molecule has 5 nitrogen and oxygen atoms in total. The zero-order valence-corrected chi connectivity index (χ0v) is 17.0. The van der Waals surface area contributed by atoms with E-state index in [1.165, 1.54) is 18.2 Å². The molecule has 1 N–H and O–H groups in total. The Morgan fingerprint density at radius 2 is 1.70 bits per heavy atom. The number of aryl methyl sites for hydroxylation is 3. The number of halogens is 1. The van der Waals surface area contributed by atoms with Crippen LogP contribution in [0, 0.1) is 26.6 Å². The number of anilines is 1. The molecule has 3 aromatic carbocycles. The van der Waals surface area contributed by atoms with Crippen LogP contribution in [0.25, 0.3) is 17.1 Å². The molecule has 0 saturated carbocycles. The summed E-state index contributed by atoms with van der Waals surface area (Å²) in [4.78, 5) is 17.3. The van der Waals surface area contributed by atoms with Crippen molar-refractivity contribution < 1.29 is 9.18 Å². The summed E-state index contributed by atoms with van der Waals surface area (Å²) < 4.78 is 15.2. The first-order chi connectivity index (χ1) is 14.4. The fraction of sp³-hybridized carbons (Fsp3) is 0.125. The van der Waals surface area contributed by atoms with Crippen LogP contribution < -0.4 is 5.32 Å². The van der Waals surface area contributed by atoms with Crippen molar-refractivity contribution in [2.75, 3.05) is 5.32 Å². The molecule has 0 radical (unpaired) electrons. The molecule has 1 aromatic heterocycles. The largest absolute Gasteiger partial charge is 0.319 e. The minimum Gasteiger partial charge on any atom is -0.319 e. The molecule has 4 aromatic rings. The molecule has 0 saturated heterocycles. The van der Waals surface area contributed by atoms with Gasteiger partial charge in [-0.25, -0.2) is 14.1 Å². The number of rotatable bonds is 4. The lowest BCUT2D eigenvalue weighted by Crippen LogP contribution is -2.14. The van der Waals surface area contributed by atoms with Gasteiger partial charge in [-0.15, -0.1) is 5.10 Å². The summed E-state index contributed by atoms with van der Waals surface area (Å²) >= 11 is 0. The van der Waals surface area contributed by atoms with E-state index in [0.717, 1.165) is 27.9 Å². The van der Waals surface area contributed by atoms with Gasteiger partial charge in [0, 0.05) is 11.3 Å². The van der Waals surface area contributed by atoms with E-state index in [1.807, 2.05) is 63.2 Å². The molecule has 30 heavy (non-hydrogen) atoms. The molecule has 0 unspecified atom stereocenters. The summed E-state index contributed by atoms with van der Waals surface area (Å²) in [6.45, 7) is 5.99. The average molecular weight is 400 g/mol. The summed E-state index contributed by atoms with van der Waals surface area (Å²) in [5.74, 6) is -0.353. The van der Waals surface area contributed by atoms with Crippen LogP contribution in [0.15, 0.2) is 66.7 Å². The minimum absolute atomic E-state index is 0.0108. The van der Waals surface area contributed by atoms with Crippen LogP contribution in [0.1, 0.15) is 27.3 Å². The first kappa shape index (κ1) is 19.5. The van der Waals surface area contributed by atoms with Crippen molar-refractivity contribution in [3.8, 4) is 17.1 Å². The first-order valence-corrected chi connectivity index (χ1v) is 9.59. The Kier molecular flexibility index (Phi) is 5.14. The molecule has 0 bridgehead atoms. The van der Waals surface area contributed by atoms with Gasteiger partial charge in [-0.3, -0.25) is 4.79 Å². The second-order valence-electron chi connectivity index (χ2n) is 7.29. The third-order valence-electron chi connectivity index (χ3n) is 4.76. The fourth-order valence-electron chi connectivity index (χ4n) is 3.25. The van der Waals surface area contributed by atoms with Crippen LogP contribution in [0.3, 0.4) is 0 Å². The highest BCUT2D eigenvalue weighted by Crippen LogP contribution is 2.25. The van der Waals surface area contributed by atoms with Gasteiger partial charge < -0.3 is 5.32 Å². The number of carbonyl (C=O) groups is 1. The molecule has 0 aliphatic heterocycles. The second-order valence-corrected chi connectivity index (χ2v) is 7.29. The highest BCUT2D eigenvalue weighted by Gasteiger charge is 2.20. The summed E-state index contributed by atoms with van der Waals surface area (Å²) in [6.07, 6.45) is 0. The van der Waals surface area contributed by atoms with E-state index in [1.54, 1.807) is 10.7 Å². The predicted octanol–water partition coefficient (Wildman–Crippen LogP) is 5.25. The molecule has 0 fully saturated rings. The van der Waals surface area contributed by atoms with Crippen molar-refractivity contribution in [2.45, 2.75) is 20.8 Å². The minimum atomic E-state index is -0.501. The van der Waals surface area contributed by atoms with E-state index < -0.39 is 11.7 Å². The molecular formula is C24H21FN4O. The van der Waals surface area contributed by atoms with Gasteiger partial charge >= 0.3 is 0 Å². The Hall–Kier alpha value is -3.80. The van der Waals surface area contributed by atoms with Crippen LogP contribution >= 0.6 is 0 Å². The van der Waals surface area contributed by atoms with Crippen molar-refractivity contribution >= 4 is 11.6 Å². The standard InChI is InChI=1S/C24H21FN4O/c1-15-6-4-7-18(12-15)23-27-22(24(30)26-20-9-5-8-19(25)14-20)28-29(23)21-13-16(2)10-11-17(21)3/h4-14H,1-3H3,(H,26,30). The number of hydrogen-bond acceptors (Lipinski definition) is 3. The Morgan fingerprint density at radius 1 is 0.933 bits per heavy atom. The van der Waals surface area contributed by atoms with Crippen molar-refractivity contribution in [2.24, 2.45) is 0 Å². The van der Waals surface area contributed by atoms with Crippen LogP contribution in [0.2, 0.25) is 0 Å². The van der Waals surface area contributed by atoms with E-state index in [4.69, 9.17) is 0 Å². The lowest BCUT2D eigenvalue weighted by molar-refractivity contribution is 0.101. The Morgan fingerprint density at radius 3 is 2.47 bits per heavy atom. The third kappa shape index (κ3) is 3.98. The van der Waals surface area contributed by atoms with Crippen molar-refractivity contribution in [3.63, 3.8) is 0 Å². The molecule has 0 aliphatic rings. The second kappa shape index (κ2) is 7.91. The van der Waals surface area contributed by atoms with Gasteiger partial charge in [0.15, 0.2) is 5.82 Å². The highest BCUT2D eigenvalue weighted by atomic mass is 19.1. The lowest BCUT2D eigenvalue weighted by atomic mass is 10.1. The Balaban J connectivity index is 1.81. The monoisotopic (exact) mass is 400 g/mol. The molecule has 150 valence electrons. The maximum atomic E-state index is 13.5. The summed E-state index contributed by atoms with van der Waals surface area (Å²) in [5.41, 5.74) is 5.22. The van der Waals surface area contributed by atoms with Gasteiger partial charge in [0.05, 0.1) is 5.69 Å². The van der Waals surface area contributed by atoms with Crippen LogP contribution in [-0.4, -0.2) is 20.7 Å². The van der Waals surface area contributed by atoms with Gasteiger partial charge in [-0.2, -0.15) is 0 Å². The highest BCUT2D eigenvalue weighted by molar-refractivity contribution is 6.01. The summed E-state index contributed by atoms with van der Waals surface area (Å²) in [5, 5.41) is 7.17. The van der Waals surface area contributed by atoms with E-state index in [2.05, 4.69) is 15.4 Å². The van der Waals surface area contributed by atoms with Crippen LogP contribution in [0.5, 0.6) is 0 Å². The smallest absolute Gasteiger partial charge is 0.295 e. The van der Waals surface area contributed by atoms with Crippen LogP contribution in [-0.2, 0) is 0 Å². The number of carbonyl (C=O) groups excluding carboxylic acids is 1. The molecular weight excluding hydrogens is 379 g/mol. The van der Waals surface area contributed by atoms with Crippen molar-refractivity contribution in [1.82, 2.24) is 14.8 Å². The van der Waals surface area contributed by atoms with E-state index >= 15 is 0 Å². The fourth-order valence-corrected chi connectivity index (χ4v) is 3.25. The average Bonchev–Trinajstić information content (AvgIpc) is 3.15. The number of benzene rings is 3. The van der Waals surface area contributed by atoms with Gasteiger partial charge in [0.1, 0.15) is 5.82 Å².